The Morgan fingerprint density at radius 2 is 1.52 bits per heavy atom. The van der Waals surface area contributed by atoms with Crippen molar-refractivity contribution in [1.29, 1.82) is 0 Å². The molecule has 0 aliphatic carbocycles. The van der Waals surface area contributed by atoms with Gasteiger partial charge in [-0.25, -0.2) is 5.84 Å². The van der Waals surface area contributed by atoms with Crippen LogP contribution in [-0.2, 0) is 22.0 Å². The van der Waals surface area contributed by atoms with E-state index in [-0.39, 0.29) is 17.3 Å². The van der Waals surface area contributed by atoms with E-state index < -0.39 is 12.0 Å². The number of amides is 1. The van der Waals surface area contributed by atoms with Gasteiger partial charge in [-0.15, -0.1) is 0 Å². The summed E-state index contributed by atoms with van der Waals surface area (Å²) >= 11 is 0. The maximum absolute atomic E-state index is 11.4. The molecule has 0 radical (unpaired) electrons. The number of carbonyl (C=O) groups excluding carboxylic acids is 1. The van der Waals surface area contributed by atoms with E-state index in [0.717, 1.165) is 5.56 Å². The van der Waals surface area contributed by atoms with Crippen LogP contribution in [0.1, 0.15) is 58.2 Å². The van der Waals surface area contributed by atoms with Crippen LogP contribution in [0, 0.1) is 0 Å². The Morgan fingerprint density at radius 3 is 1.86 bits per heavy atom. The van der Waals surface area contributed by atoms with Crippen LogP contribution in [0.3, 0.4) is 0 Å². The van der Waals surface area contributed by atoms with Crippen LogP contribution in [-0.4, -0.2) is 17.1 Å². The van der Waals surface area contributed by atoms with Crippen LogP contribution in [0.25, 0.3) is 0 Å². The molecular formula is C17H28N2O2. The Labute approximate surface area is 127 Å². The molecule has 0 bridgehead atoms. The number of benzene rings is 1. The molecule has 0 fully saturated rings. The van der Waals surface area contributed by atoms with Crippen LogP contribution < -0.4 is 11.3 Å². The van der Waals surface area contributed by atoms with E-state index in [2.05, 4.69) is 59.7 Å². The molecule has 1 atom stereocenters. The van der Waals surface area contributed by atoms with Gasteiger partial charge in [0.25, 0.3) is 5.91 Å². The highest BCUT2D eigenvalue weighted by molar-refractivity contribution is 5.80. The van der Waals surface area contributed by atoms with Gasteiger partial charge in [0.15, 0.2) is 0 Å². The average molecular weight is 292 g/mol. The first kappa shape index (κ1) is 17.7. The fourth-order valence-corrected chi connectivity index (χ4v) is 2.09. The monoisotopic (exact) mass is 292 g/mol. The van der Waals surface area contributed by atoms with Gasteiger partial charge in [-0.2, -0.15) is 0 Å². The first-order valence-corrected chi connectivity index (χ1v) is 7.28. The van der Waals surface area contributed by atoms with Crippen molar-refractivity contribution in [3.8, 4) is 0 Å². The van der Waals surface area contributed by atoms with Crippen LogP contribution in [0.5, 0.6) is 0 Å². The Kier molecular flexibility index (Phi) is 5.18. The molecule has 0 aliphatic heterocycles. The van der Waals surface area contributed by atoms with Gasteiger partial charge in [-0.1, -0.05) is 59.7 Å². The first-order valence-electron chi connectivity index (χ1n) is 7.28. The van der Waals surface area contributed by atoms with Crippen LogP contribution in [0.15, 0.2) is 18.2 Å². The number of nitrogens with two attached hydrogens (primary N) is 1. The number of hydrogen-bond donors (Lipinski definition) is 3. The third kappa shape index (κ3) is 4.83. The van der Waals surface area contributed by atoms with Crippen molar-refractivity contribution in [1.82, 2.24) is 5.43 Å². The van der Waals surface area contributed by atoms with E-state index in [1.807, 2.05) is 5.43 Å². The minimum Gasteiger partial charge on any atom is -0.383 e. The van der Waals surface area contributed by atoms with Crippen LogP contribution >= 0.6 is 0 Å². The summed E-state index contributed by atoms with van der Waals surface area (Å²) in [6.07, 6.45) is -0.867. The summed E-state index contributed by atoms with van der Waals surface area (Å²) in [4.78, 5) is 11.4. The fourth-order valence-electron chi connectivity index (χ4n) is 2.09. The van der Waals surface area contributed by atoms with Gasteiger partial charge in [-0.05, 0) is 27.5 Å². The van der Waals surface area contributed by atoms with Gasteiger partial charge in [0.2, 0.25) is 0 Å². The number of aliphatic hydroxyl groups is 1. The van der Waals surface area contributed by atoms with Crippen molar-refractivity contribution in [2.24, 2.45) is 5.84 Å². The number of rotatable bonds is 3. The standard InChI is InChI=1S/C17H28N2O2/c1-16(2,3)12-7-11(9-14(20)15(21)19-18)8-13(10-12)17(4,5)6/h7-8,10,14,20H,9,18H2,1-6H3,(H,19,21). The maximum Gasteiger partial charge on any atom is 0.263 e. The molecule has 0 spiro atoms. The van der Waals surface area contributed by atoms with E-state index >= 15 is 0 Å². The zero-order valence-electron chi connectivity index (χ0n) is 13.9. The topological polar surface area (TPSA) is 75.3 Å². The summed E-state index contributed by atoms with van der Waals surface area (Å²) in [7, 11) is 0. The van der Waals surface area contributed by atoms with Gasteiger partial charge >= 0.3 is 0 Å². The molecule has 1 aromatic carbocycles. The lowest BCUT2D eigenvalue weighted by atomic mass is 9.79. The van der Waals surface area contributed by atoms with Gasteiger partial charge < -0.3 is 5.11 Å². The smallest absolute Gasteiger partial charge is 0.263 e. The zero-order valence-corrected chi connectivity index (χ0v) is 13.9. The Morgan fingerprint density at radius 1 is 1.10 bits per heavy atom. The molecule has 1 unspecified atom stereocenters. The van der Waals surface area contributed by atoms with E-state index in [0.29, 0.717) is 0 Å². The molecule has 0 heterocycles. The molecule has 4 heteroatoms. The van der Waals surface area contributed by atoms with E-state index in [1.54, 1.807) is 0 Å². The van der Waals surface area contributed by atoms with Crippen LogP contribution in [0.4, 0.5) is 0 Å². The summed E-state index contributed by atoms with van der Waals surface area (Å²) in [5.74, 6) is 4.50. The minimum absolute atomic E-state index is 0.0110. The van der Waals surface area contributed by atoms with E-state index in [4.69, 9.17) is 5.84 Å². The highest BCUT2D eigenvalue weighted by Crippen LogP contribution is 2.30. The van der Waals surface area contributed by atoms with Crippen LogP contribution in [0.2, 0.25) is 0 Å². The quantitative estimate of drug-likeness (QED) is 0.454. The number of hydrogen-bond acceptors (Lipinski definition) is 3. The Bertz CT molecular complexity index is 478. The zero-order chi connectivity index (χ0) is 16.4. The van der Waals surface area contributed by atoms with Crippen molar-refractivity contribution in [2.75, 3.05) is 0 Å². The van der Waals surface area contributed by atoms with Crippen molar-refractivity contribution >= 4 is 5.91 Å². The Hall–Kier alpha value is -1.39. The summed E-state index contributed by atoms with van der Waals surface area (Å²) in [5.41, 5.74) is 5.35. The van der Waals surface area contributed by atoms with Crippen molar-refractivity contribution in [3.05, 3.63) is 34.9 Å². The molecular weight excluding hydrogens is 264 g/mol. The van der Waals surface area contributed by atoms with Crippen molar-refractivity contribution < 1.29 is 9.90 Å². The number of carbonyl (C=O) groups is 1. The number of aliphatic hydroxyl groups excluding tert-OH is 1. The minimum atomic E-state index is -1.13. The summed E-state index contributed by atoms with van der Waals surface area (Å²) < 4.78 is 0. The lowest BCUT2D eigenvalue weighted by Crippen LogP contribution is -2.40. The molecule has 118 valence electrons. The molecule has 0 aromatic heterocycles. The normalized spacial score (nSPS) is 13.9. The van der Waals surface area contributed by atoms with Crippen molar-refractivity contribution in [2.45, 2.75) is 64.9 Å². The molecule has 4 N–H and O–H groups in total. The molecule has 0 saturated carbocycles. The molecule has 1 aromatic rings. The maximum atomic E-state index is 11.4. The summed E-state index contributed by atoms with van der Waals surface area (Å²) in [6.45, 7) is 12.9. The fraction of sp³-hybridized carbons (Fsp3) is 0.588. The first-order chi connectivity index (χ1) is 9.45. The predicted molar refractivity (Wildman–Crippen MR) is 85.9 cm³/mol. The largest absolute Gasteiger partial charge is 0.383 e. The molecule has 0 saturated heterocycles. The van der Waals surface area contributed by atoms with Gasteiger partial charge in [-0.3, -0.25) is 10.2 Å². The second-order valence-electron chi connectivity index (χ2n) is 7.65. The Balaban J connectivity index is 3.23. The van der Waals surface area contributed by atoms with Gasteiger partial charge in [0.05, 0.1) is 0 Å². The molecule has 1 rings (SSSR count). The molecule has 21 heavy (non-hydrogen) atoms. The summed E-state index contributed by atoms with van der Waals surface area (Å²) in [5, 5.41) is 9.87. The molecule has 4 nitrogen and oxygen atoms in total. The third-order valence-corrected chi connectivity index (χ3v) is 3.60. The highest BCUT2D eigenvalue weighted by Gasteiger charge is 2.22. The van der Waals surface area contributed by atoms with Crippen molar-refractivity contribution in [3.63, 3.8) is 0 Å². The number of nitrogens with one attached hydrogen (secondary N) is 1. The second kappa shape index (κ2) is 6.16. The molecule has 0 aliphatic rings. The molecule has 1 amide bonds. The summed E-state index contributed by atoms with van der Waals surface area (Å²) in [6, 6.07) is 6.32. The SMILES string of the molecule is CC(C)(C)c1cc(CC(O)C(=O)NN)cc(C(C)(C)C)c1. The lowest BCUT2D eigenvalue weighted by molar-refractivity contribution is -0.129. The average Bonchev–Trinajstić information content (AvgIpc) is 2.35. The highest BCUT2D eigenvalue weighted by atomic mass is 16.3. The third-order valence-electron chi connectivity index (χ3n) is 3.60. The van der Waals surface area contributed by atoms with Gasteiger partial charge in [0, 0.05) is 6.42 Å². The number of hydrazine groups is 1. The van der Waals surface area contributed by atoms with E-state index in [1.165, 1.54) is 11.1 Å². The second-order valence-corrected chi connectivity index (χ2v) is 7.65. The lowest BCUT2D eigenvalue weighted by Gasteiger charge is -2.26. The predicted octanol–water partition coefficient (Wildman–Crippen LogP) is 2.17. The van der Waals surface area contributed by atoms with E-state index in [9.17, 15) is 9.90 Å². The van der Waals surface area contributed by atoms with Gasteiger partial charge in [0.1, 0.15) is 6.10 Å².